The second-order valence-corrected chi connectivity index (χ2v) is 6.92. The van der Waals surface area contributed by atoms with Gasteiger partial charge in [0.2, 0.25) is 0 Å². The van der Waals surface area contributed by atoms with Gasteiger partial charge >= 0.3 is 0 Å². The van der Waals surface area contributed by atoms with Gasteiger partial charge in [-0.3, -0.25) is 0 Å². The Bertz CT molecular complexity index is 542. The summed E-state index contributed by atoms with van der Waals surface area (Å²) in [4.78, 5) is 3.41. The van der Waals surface area contributed by atoms with Crippen molar-refractivity contribution in [2.75, 3.05) is 0 Å². The van der Waals surface area contributed by atoms with E-state index in [0.717, 1.165) is 5.92 Å². The van der Waals surface area contributed by atoms with Crippen LogP contribution in [0.25, 0.3) is 10.9 Å². The van der Waals surface area contributed by atoms with E-state index in [1.54, 1.807) is 0 Å². The molecule has 0 aliphatic carbocycles. The van der Waals surface area contributed by atoms with E-state index < -0.39 is 0 Å². The topological polar surface area (TPSA) is 15.8 Å². The normalized spacial score (nSPS) is 13.9. The highest BCUT2D eigenvalue weighted by atomic mass is 14.7. The van der Waals surface area contributed by atoms with E-state index in [9.17, 15) is 0 Å². The molecule has 1 heteroatoms. The van der Waals surface area contributed by atoms with Crippen LogP contribution in [0.5, 0.6) is 0 Å². The van der Waals surface area contributed by atoms with Crippen LogP contribution in [-0.2, 0) is 11.8 Å². The smallest absolute Gasteiger partial charge is 0.0456 e. The van der Waals surface area contributed by atoms with Crippen LogP contribution in [-0.4, -0.2) is 4.98 Å². The highest BCUT2D eigenvalue weighted by Gasteiger charge is 2.15. The van der Waals surface area contributed by atoms with Crippen molar-refractivity contribution in [1.82, 2.24) is 4.98 Å². The van der Waals surface area contributed by atoms with E-state index in [4.69, 9.17) is 0 Å². The van der Waals surface area contributed by atoms with Crippen LogP contribution in [0.2, 0.25) is 0 Å². The summed E-state index contributed by atoms with van der Waals surface area (Å²) in [6, 6.07) is 6.85. The molecule has 1 unspecified atom stereocenters. The summed E-state index contributed by atoms with van der Waals surface area (Å²) in [5, 5.41) is 1.41. The number of hydrogen-bond acceptors (Lipinski definition) is 0. The molecular weight excluding hydrogens is 230 g/mol. The zero-order valence-electron chi connectivity index (χ0n) is 13.0. The van der Waals surface area contributed by atoms with Crippen LogP contribution in [0.4, 0.5) is 0 Å². The minimum atomic E-state index is 0.220. The molecule has 1 heterocycles. The summed E-state index contributed by atoms with van der Waals surface area (Å²) in [7, 11) is 0. The first kappa shape index (κ1) is 14.2. The Hall–Kier alpha value is -1.24. The van der Waals surface area contributed by atoms with Gasteiger partial charge in [-0.1, -0.05) is 53.5 Å². The quantitative estimate of drug-likeness (QED) is 0.750. The Morgan fingerprint density at radius 1 is 1.21 bits per heavy atom. The number of aromatic amines is 1. The molecule has 0 aliphatic rings. The average Bonchev–Trinajstić information content (AvgIpc) is 2.71. The van der Waals surface area contributed by atoms with E-state index in [1.807, 2.05) is 0 Å². The van der Waals surface area contributed by atoms with Gasteiger partial charge in [-0.2, -0.15) is 0 Å². The highest BCUT2D eigenvalue weighted by Crippen LogP contribution is 2.29. The van der Waals surface area contributed by atoms with Gasteiger partial charge in [0.15, 0.2) is 0 Å². The van der Waals surface area contributed by atoms with Crippen molar-refractivity contribution < 1.29 is 0 Å². The molecule has 2 aromatic rings. The zero-order valence-corrected chi connectivity index (χ0v) is 13.0. The summed E-state index contributed by atoms with van der Waals surface area (Å²) in [6.07, 6.45) is 5.97. The number of nitrogens with one attached hydrogen (secondary N) is 1. The second-order valence-electron chi connectivity index (χ2n) is 6.92. The summed E-state index contributed by atoms with van der Waals surface area (Å²) >= 11 is 0. The van der Waals surface area contributed by atoms with Crippen molar-refractivity contribution in [2.45, 2.75) is 59.3 Å². The van der Waals surface area contributed by atoms with Crippen LogP contribution in [0.1, 0.15) is 58.6 Å². The largest absolute Gasteiger partial charge is 0.361 e. The Kier molecular flexibility index (Phi) is 4.03. The zero-order chi connectivity index (χ0) is 14.0. The molecule has 0 amide bonds. The predicted octanol–water partition coefficient (Wildman–Crippen LogP) is 5.44. The van der Waals surface area contributed by atoms with Crippen molar-refractivity contribution >= 4 is 10.9 Å². The van der Waals surface area contributed by atoms with Crippen molar-refractivity contribution in [3.63, 3.8) is 0 Å². The van der Waals surface area contributed by atoms with E-state index in [0.29, 0.717) is 0 Å². The van der Waals surface area contributed by atoms with Gasteiger partial charge in [0.25, 0.3) is 0 Å². The Morgan fingerprint density at radius 3 is 2.58 bits per heavy atom. The molecule has 0 saturated heterocycles. The first-order valence-corrected chi connectivity index (χ1v) is 7.52. The summed E-state index contributed by atoms with van der Waals surface area (Å²) < 4.78 is 0. The summed E-state index contributed by atoms with van der Waals surface area (Å²) in [6.45, 7) is 11.5. The van der Waals surface area contributed by atoms with Crippen molar-refractivity contribution in [3.05, 3.63) is 35.5 Å². The standard InChI is InChI=1S/C18H27N/c1-6-7-13(2)10-14-12-19-17-9-8-15(11-16(14)17)18(3,4)5/h8-9,11-13,19H,6-7,10H2,1-5H3. The fraction of sp³-hybridized carbons (Fsp3) is 0.556. The maximum atomic E-state index is 3.41. The van der Waals surface area contributed by atoms with E-state index in [-0.39, 0.29) is 5.41 Å². The van der Waals surface area contributed by atoms with Gasteiger partial charge in [0, 0.05) is 17.1 Å². The fourth-order valence-electron chi connectivity index (χ4n) is 2.78. The van der Waals surface area contributed by atoms with Gasteiger partial charge < -0.3 is 4.98 Å². The fourth-order valence-corrected chi connectivity index (χ4v) is 2.78. The Morgan fingerprint density at radius 2 is 1.95 bits per heavy atom. The van der Waals surface area contributed by atoms with Crippen molar-refractivity contribution in [2.24, 2.45) is 5.92 Å². The lowest BCUT2D eigenvalue weighted by atomic mass is 9.86. The average molecular weight is 257 g/mol. The third-order valence-corrected chi connectivity index (χ3v) is 3.98. The number of benzene rings is 1. The van der Waals surface area contributed by atoms with Gasteiger partial charge in [0.05, 0.1) is 0 Å². The number of fused-ring (bicyclic) bond motifs is 1. The Balaban J connectivity index is 2.35. The SMILES string of the molecule is CCCC(C)Cc1c[nH]c2ccc(C(C)(C)C)cc12. The molecule has 0 fully saturated rings. The van der Waals surface area contributed by atoms with E-state index >= 15 is 0 Å². The molecule has 0 saturated carbocycles. The van der Waals surface area contributed by atoms with Crippen LogP contribution >= 0.6 is 0 Å². The maximum absolute atomic E-state index is 3.41. The number of hydrogen-bond donors (Lipinski definition) is 1. The lowest BCUT2D eigenvalue weighted by molar-refractivity contribution is 0.524. The Labute approximate surface area is 117 Å². The van der Waals surface area contributed by atoms with Crippen molar-refractivity contribution in [3.8, 4) is 0 Å². The van der Waals surface area contributed by atoms with E-state index in [2.05, 4.69) is 64.0 Å². The van der Waals surface area contributed by atoms with Crippen LogP contribution in [0.15, 0.2) is 24.4 Å². The molecule has 0 radical (unpaired) electrons. The predicted molar refractivity (Wildman–Crippen MR) is 84.8 cm³/mol. The number of aromatic nitrogens is 1. The number of H-pyrrole nitrogens is 1. The first-order valence-electron chi connectivity index (χ1n) is 7.52. The monoisotopic (exact) mass is 257 g/mol. The van der Waals surface area contributed by atoms with Gasteiger partial charge in [-0.15, -0.1) is 0 Å². The molecule has 1 aromatic heterocycles. The minimum absolute atomic E-state index is 0.220. The summed E-state index contributed by atoms with van der Waals surface area (Å²) in [5.41, 5.74) is 4.38. The second kappa shape index (κ2) is 5.40. The molecule has 1 nitrogen and oxygen atoms in total. The molecule has 0 aliphatic heterocycles. The third kappa shape index (κ3) is 3.20. The van der Waals surface area contributed by atoms with Gasteiger partial charge in [-0.25, -0.2) is 0 Å². The summed E-state index contributed by atoms with van der Waals surface area (Å²) in [5.74, 6) is 0.766. The van der Waals surface area contributed by atoms with Crippen LogP contribution in [0.3, 0.4) is 0 Å². The lowest BCUT2D eigenvalue weighted by Gasteiger charge is -2.19. The van der Waals surface area contributed by atoms with Gasteiger partial charge in [0.1, 0.15) is 0 Å². The highest BCUT2D eigenvalue weighted by molar-refractivity contribution is 5.84. The number of rotatable bonds is 4. The molecule has 1 N–H and O–H groups in total. The maximum Gasteiger partial charge on any atom is 0.0456 e. The van der Waals surface area contributed by atoms with Crippen LogP contribution in [0, 0.1) is 5.92 Å². The molecular formula is C18H27N. The lowest BCUT2D eigenvalue weighted by Crippen LogP contribution is -2.10. The minimum Gasteiger partial charge on any atom is -0.361 e. The molecule has 1 aromatic carbocycles. The molecule has 1 atom stereocenters. The third-order valence-electron chi connectivity index (χ3n) is 3.98. The molecule has 0 bridgehead atoms. The van der Waals surface area contributed by atoms with E-state index in [1.165, 1.54) is 41.3 Å². The molecule has 104 valence electrons. The molecule has 19 heavy (non-hydrogen) atoms. The molecule has 0 spiro atoms. The van der Waals surface area contributed by atoms with Crippen molar-refractivity contribution in [1.29, 1.82) is 0 Å². The molecule has 2 rings (SSSR count). The van der Waals surface area contributed by atoms with Gasteiger partial charge in [-0.05, 0) is 41.0 Å². The first-order chi connectivity index (χ1) is 8.91. The van der Waals surface area contributed by atoms with Crippen LogP contribution < -0.4 is 0 Å².